The number of amides is 1. The molecular formula is C27H21BrN2O. The van der Waals surface area contributed by atoms with E-state index in [4.69, 9.17) is 0 Å². The van der Waals surface area contributed by atoms with Crippen molar-refractivity contribution in [1.29, 1.82) is 0 Å². The Bertz CT molecular complexity index is 1430. The van der Waals surface area contributed by atoms with Gasteiger partial charge in [-0.15, -0.1) is 0 Å². The second kappa shape index (κ2) is 8.12. The van der Waals surface area contributed by atoms with E-state index in [0.29, 0.717) is 5.33 Å². The third-order valence-corrected chi connectivity index (χ3v) is 6.74. The summed E-state index contributed by atoms with van der Waals surface area (Å²) in [5.41, 5.74) is 5.52. The van der Waals surface area contributed by atoms with Crippen molar-refractivity contribution in [3.8, 4) is 0 Å². The molecule has 0 aromatic heterocycles. The SMILES string of the molecule is CC(CBr)C(=O)N/N=C(\c1ccccc1)c1cc2cccc3ccc4cccc1c4c32. The van der Waals surface area contributed by atoms with Crippen molar-refractivity contribution >= 4 is 59.9 Å². The van der Waals surface area contributed by atoms with Gasteiger partial charge in [0.2, 0.25) is 5.91 Å². The van der Waals surface area contributed by atoms with E-state index in [2.05, 4.69) is 81.1 Å². The highest BCUT2D eigenvalue weighted by Crippen LogP contribution is 2.37. The van der Waals surface area contributed by atoms with Crippen molar-refractivity contribution in [3.05, 3.63) is 96.1 Å². The molecular weight excluding hydrogens is 448 g/mol. The predicted octanol–water partition coefficient (Wildman–Crippen LogP) is 6.48. The first kappa shape index (κ1) is 19.7. The lowest BCUT2D eigenvalue weighted by Gasteiger charge is -2.16. The zero-order chi connectivity index (χ0) is 21.4. The van der Waals surface area contributed by atoms with Crippen molar-refractivity contribution in [2.45, 2.75) is 6.92 Å². The van der Waals surface area contributed by atoms with Crippen LogP contribution in [-0.2, 0) is 4.79 Å². The van der Waals surface area contributed by atoms with Crippen LogP contribution in [0.15, 0.2) is 90.0 Å². The lowest BCUT2D eigenvalue weighted by molar-refractivity contribution is -0.123. The Morgan fingerprint density at radius 2 is 1.55 bits per heavy atom. The lowest BCUT2D eigenvalue weighted by atomic mass is 9.88. The average Bonchev–Trinajstić information content (AvgIpc) is 2.83. The average molecular weight is 469 g/mol. The van der Waals surface area contributed by atoms with Crippen LogP contribution in [0.2, 0.25) is 0 Å². The van der Waals surface area contributed by atoms with Gasteiger partial charge < -0.3 is 0 Å². The van der Waals surface area contributed by atoms with Gasteiger partial charge in [0.25, 0.3) is 0 Å². The minimum absolute atomic E-state index is 0.109. The summed E-state index contributed by atoms with van der Waals surface area (Å²) in [5, 5.41) is 12.5. The Hall–Kier alpha value is -3.24. The lowest BCUT2D eigenvalue weighted by Crippen LogP contribution is -2.27. The molecule has 0 aliphatic carbocycles. The molecule has 0 saturated carbocycles. The molecule has 1 amide bonds. The number of nitrogens with one attached hydrogen (secondary N) is 1. The molecule has 0 fully saturated rings. The second-order valence-electron chi connectivity index (χ2n) is 7.83. The molecule has 0 spiro atoms. The van der Waals surface area contributed by atoms with Crippen molar-refractivity contribution in [3.63, 3.8) is 0 Å². The van der Waals surface area contributed by atoms with Crippen molar-refractivity contribution in [2.75, 3.05) is 5.33 Å². The van der Waals surface area contributed by atoms with E-state index in [1.54, 1.807) is 0 Å². The van der Waals surface area contributed by atoms with Crippen LogP contribution in [0.3, 0.4) is 0 Å². The first-order valence-corrected chi connectivity index (χ1v) is 11.5. The second-order valence-corrected chi connectivity index (χ2v) is 8.48. The molecule has 3 nitrogen and oxygen atoms in total. The van der Waals surface area contributed by atoms with Gasteiger partial charge >= 0.3 is 0 Å². The first-order valence-electron chi connectivity index (χ1n) is 10.3. The van der Waals surface area contributed by atoms with Gasteiger partial charge in [-0.2, -0.15) is 5.10 Å². The summed E-state index contributed by atoms with van der Waals surface area (Å²) in [5.74, 6) is -0.276. The predicted molar refractivity (Wildman–Crippen MR) is 133 cm³/mol. The van der Waals surface area contributed by atoms with Crippen LogP contribution >= 0.6 is 15.9 Å². The molecule has 5 rings (SSSR count). The standard InChI is InChI=1S/C27H21BrN2O/c1-17(16-28)27(31)30-29-26(20-7-3-2-4-8-20)23-15-21-11-5-9-18-13-14-19-10-6-12-22(23)25(19)24(18)21/h2-15,17H,16H2,1H3,(H,30,31)/b29-26+. The van der Waals surface area contributed by atoms with E-state index in [9.17, 15) is 4.79 Å². The zero-order valence-corrected chi connectivity index (χ0v) is 18.7. The van der Waals surface area contributed by atoms with E-state index in [1.165, 1.54) is 26.9 Å². The summed E-state index contributed by atoms with van der Waals surface area (Å²) in [7, 11) is 0. The summed E-state index contributed by atoms with van der Waals surface area (Å²) in [6.07, 6.45) is 0. The molecule has 31 heavy (non-hydrogen) atoms. The minimum atomic E-state index is -0.168. The molecule has 1 atom stereocenters. The Morgan fingerprint density at radius 3 is 2.29 bits per heavy atom. The molecule has 0 aliphatic rings. The molecule has 0 bridgehead atoms. The number of halogens is 1. The highest BCUT2D eigenvalue weighted by molar-refractivity contribution is 9.09. The van der Waals surface area contributed by atoms with Crippen LogP contribution < -0.4 is 5.43 Å². The maximum atomic E-state index is 12.5. The topological polar surface area (TPSA) is 41.5 Å². The molecule has 1 unspecified atom stereocenters. The van der Waals surface area contributed by atoms with Crippen molar-refractivity contribution in [2.24, 2.45) is 11.0 Å². The van der Waals surface area contributed by atoms with E-state index < -0.39 is 0 Å². The van der Waals surface area contributed by atoms with Crippen LogP contribution in [0.4, 0.5) is 0 Å². The van der Waals surface area contributed by atoms with Crippen LogP contribution in [0.25, 0.3) is 32.3 Å². The number of benzene rings is 5. The van der Waals surface area contributed by atoms with Gasteiger partial charge in [-0.1, -0.05) is 102 Å². The number of hydrogen-bond acceptors (Lipinski definition) is 2. The van der Waals surface area contributed by atoms with Crippen molar-refractivity contribution < 1.29 is 4.79 Å². The number of alkyl halides is 1. The van der Waals surface area contributed by atoms with Crippen LogP contribution in [0, 0.1) is 5.92 Å². The highest BCUT2D eigenvalue weighted by atomic mass is 79.9. The fourth-order valence-corrected chi connectivity index (χ4v) is 4.42. The molecule has 5 aromatic rings. The van der Waals surface area contributed by atoms with Gasteiger partial charge in [-0.25, -0.2) is 5.43 Å². The summed E-state index contributed by atoms with van der Waals surface area (Å²) in [6, 6.07) is 29.3. The molecule has 152 valence electrons. The van der Waals surface area contributed by atoms with Crippen LogP contribution in [0.5, 0.6) is 0 Å². The van der Waals surface area contributed by atoms with Gasteiger partial charge in [0.15, 0.2) is 0 Å². The molecule has 0 aliphatic heterocycles. The molecule has 5 aromatic carbocycles. The monoisotopic (exact) mass is 468 g/mol. The maximum absolute atomic E-state index is 12.5. The van der Waals surface area contributed by atoms with Crippen LogP contribution in [0.1, 0.15) is 18.1 Å². The molecule has 0 radical (unpaired) electrons. The van der Waals surface area contributed by atoms with E-state index in [1.807, 2.05) is 37.3 Å². The summed E-state index contributed by atoms with van der Waals surface area (Å²) >= 11 is 3.38. The van der Waals surface area contributed by atoms with E-state index in [-0.39, 0.29) is 11.8 Å². The Morgan fingerprint density at radius 1 is 0.871 bits per heavy atom. The number of rotatable bonds is 5. The van der Waals surface area contributed by atoms with Gasteiger partial charge in [-0.05, 0) is 38.4 Å². The smallest absolute Gasteiger partial charge is 0.243 e. The number of carbonyl (C=O) groups excluding carboxylic acids is 1. The minimum Gasteiger partial charge on any atom is -0.273 e. The van der Waals surface area contributed by atoms with Crippen LogP contribution in [-0.4, -0.2) is 16.9 Å². The summed E-state index contributed by atoms with van der Waals surface area (Å²) < 4.78 is 0. The van der Waals surface area contributed by atoms with E-state index >= 15 is 0 Å². The van der Waals surface area contributed by atoms with Crippen molar-refractivity contribution in [1.82, 2.24) is 5.43 Å². The fraction of sp³-hybridized carbons (Fsp3) is 0.111. The molecule has 0 saturated heterocycles. The van der Waals surface area contributed by atoms with Gasteiger partial charge in [0, 0.05) is 22.4 Å². The third kappa shape index (κ3) is 3.47. The first-order chi connectivity index (χ1) is 15.2. The summed E-state index contributed by atoms with van der Waals surface area (Å²) in [4.78, 5) is 12.5. The third-order valence-electron chi connectivity index (χ3n) is 5.77. The number of hydrogen-bond donors (Lipinski definition) is 1. The quantitative estimate of drug-likeness (QED) is 0.136. The molecule has 4 heteroatoms. The highest BCUT2D eigenvalue weighted by Gasteiger charge is 2.17. The molecule has 0 heterocycles. The number of carbonyl (C=O) groups is 1. The Kier molecular flexibility index (Phi) is 5.16. The Balaban J connectivity index is 1.80. The van der Waals surface area contributed by atoms with Gasteiger partial charge in [0.1, 0.15) is 0 Å². The van der Waals surface area contributed by atoms with E-state index in [0.717, 1.165) is 22.2 Å². The number of hydrazone groups is 1. The number of nitrogens with zero attached hydrogens (tertiary/aromatic N) is 1. The Labute approximate surface area is 189 Å². The van der Waals surface area contributed by atoms with Gasteiger partial charge in [-0.3, -0.25) is 4.79 Å². The summed E-state index contributed by atoms with van der Waals surface area (Å²) in [6.45, 7) is 1.87. The normalized spacial score (nSPS) is 13.2. The largest absolute Gasteiger partial charge is 0.273 e. The van der Waals surface area contributed by atoms with Gasteiger partial charge in [0.05, 0.1) is 5.71 Å². The molecule has 1 N–H and O–H groups in total. The maximum Gasteiger partial charge on any atom is 0.243 e. The zero-order valence-electron chi connectivity index (χ0n) is 17.1. The fourth-order valence-electron chi connectivity index (χ4n) is 4.13.